The summed E-state index contributed by atoms with van der Waals surface area (Å²) in [7, 11) is 0. The van der Waals surface area contributed by atoms with Crippen molar-refractivity contribution in [2.24, 2.45) is 11.7 Å². The molecule has 0 aliphatic heterocycles. The van der Waals surface area contributed by atoms with Crippen LogP contribution in [0.4, 0.5) is 9.18 Å². The van der Waals surface area contributed by atoms with Gasteiger partial charge >= 0.3 is 6.09 Å². The maximum Gasteiger partial charge on any atom is 0.405 e. The summed E-state index contributed by atoms with van der Waals surface area (Å²) < 4.78 is 18.2. The maximum absolute atomic E-state index is 12.9. The molecule has 10 nitrogen and oxygen atoms in total. The van der Waals surface area contributed by atoms with E-state index in [9.17, 15) is 23.6 Å². The van der Waals surface area contributed by atoms with Gasteiger partial charge in [-0.2, -0.15) is 0 Å². The monoisotopic (exact) mass is 412 g/mol. The van der Waals surface area contributed by atoms with Crippen LogP contribution in [-0.2, 0) is 14.4 Å². The molecule has 29 heavy (non-hydrogen) atoms. The third-order valence-electron chi connectivity index (χ3n) is 3.63. The van der Waals surface area contributed by atoms with Crippen LogP contribution in [0.25, 0.3) is 0 Å². The Bertz CT molecular complexity index is 726. The zero-order chi connectivity index (χ0) is 22.0. The fourth-order valence-corrected chi connectivity index (χ4v) is 2.28. The summed E-state index contributed by atoms with van der Waals surface area (Å²) in [6.45, 7) is 2.87. The van der Waals surface area contributed by atoms with Crippen LogP contribution in [0.3, 0.4) is 0 Å². The van der Waals surface area contributed by atoms with Gasteiger partial charge in [-0.3, -0.25) is 24.8 Å². The van der Waals surface area contributed by atoms with Gasteiger partial charge in [0.25, 0.3) is 11.8 Å². The lowest BCUT2D eigenvalue weighted by atomic mass is 10.0. The number of hydrazine groups is 1. The molecule has 0 saturated heterocycles. The van der Waals surface area contributed by atoms with Crippen LogP contribution >= 0.6 is 0 Å². The molecule has 1 aromatic carbocycles. The molecule has 0 aliphatic carbocycles. The van der Waals surface area contributed by atoms with Crippen molar-refractivity contribution in [3.63, 3.8) is 0 Å². The number of carboxylic acid groups (broad SMARTS) is 1. The molecule has 1 atom stereocenters. The third kappa shape index (κ3) is 9.40. The van der Waals surface area contributed by atoms with Crippen molar-refractivity contribution >= 4 is 23.8 Å². The van der Waals surface area contributed by atoms with Crippen LogP contribution in [0.1, 0.15) is 26.7 Å². The van der Waals surface area contributed by atoms with Gasteiger partial charge in [0.15, 0.2) is 6.61 Å². The van der Waals surface area contributed by atoms with Crippen LogP contribution in [0.2, 0.25) is 0 Å². The minimum atomic E-state index is -1.39. The average molecular weight is 412 g/mol. The first kappa shape index (κ1) is 23.7. The van der Waals surface area contributed by atoms with Gasteiger partial charge in [0, 0.05) is 6.42 Å². The van der Waals surface area contributed by atoms with Gasteiger partial charge in [-0.15, -0.1) is 0 Å². The molecule has 0 saturated carbocycles. The van der Waals surface area contributed by atoms with Crippen molar-refractivity contribution in [3.05, 3.63) is 30.1 Å². The van der Waals surface area contributed by atoms with E-state index in [2.05, 4.69) is 10.7 Å². The van der Waals surface area contributed by atoms with E-state index in [4.69, 9.17) is 15.6 Å². The molecule has 1 unspecified atom stereocenters. The predicted octanol–water partition coefficient (Wildman–Crippen LogP) is 0.622. The van der Waals surface area contributed by atoms with Gasteiger partial charge in [0.1, 0.15) is 17.6 Å². The van der Waals surface area contributed by atoms with Crippen molar-refractivity contribution in [2.45, 2.75) is 32.7 Å². The number of nitrogens with one attached hydrogen (secondary N) is 2. The molecule has 1 rings (SSSR count). The van der Waals surface area contributed by atoms with Crippen molar-refractivity contribution in [3.8, 4) is 5.75 Å². The molecule has 5 N–H and O–H groups in total. The minimum Gasteiger partial charge on any atom is -0.484 e. The second-order valence-corrected chi connectivity index (χ2v) is 6.61. The molecule has 0 aromatic heterocycles. The third-order valence-corrected chi connectivity index (χ3v) is 3.63. The van der Waals surface area contributed by atoms with Crippen LogP contribution in [0.15, 0.2) is 24.3 Å². The van der Waals surface area contributed by atoms with E-state index in [1.807, 2.05) is 0 Å². The van der Waals surface area contributed by atoms with Crippen LogP contribution in [0.5, 0.6) is 5.75 Å². The molecule has 0 aliphatic rings. The number of nitrogens with zero attached hydrogens (tertiary/aromatic N) is 1. The predicted molar refractivity (Wildman–Crippen MR) is 100.0 cm³/mol. The normalized spacial score (nSPS) is 11.4. The van der Waals surface area contributed by atoms with E-state index >= 15 is 0 Å². The number of hydrogen-bond donors (Lipinski definition) is 4. The molecule has 0 radical (unpaired) electrons. The van der Waals surface area contributed by atoms with Crippen molar-refractivity contribution in [1.29, 1.82) is 0 Å². The van der Waals surface area contributed by atoms with Crippen LogP contribution < -0.4 is 21.2 Å². The fraction of sp³-hybridized carbons (Fsp3) is 0.444. The van der Waals surface area contributed by atoms with E-state index in [-0.39, 0.29) is 31.1 Å². The second kappa shape index (κ2) is 11.5. The van der Waals surface area contributed by atoms with Crippen molar-refractivity contribution < 1.29 is 33.4 Å². The van der Waals surface area contributed by atoms with E-state index in [1.54, 1.807) is 13.8 Å². The Balaban J connectivity index is 2.81. The molecule has 0 spiro atoms. The number of primary amides is 1. The lowest BCUT2D eigenvalue weighted by Gasteiger charge is -2.26. The van der Waals surface area contributed by atoms with Gasteiger partial charge in [-0.1, -0.05) is 13.8 Å². The quantitative estimate of drug-likeness (QED) is 0.414. The SMILES string of the molecule is CC(C)CC(NC(=O)O)C(=O)NN(CCC(N)=O)C(=O)COc1ccc(F)cc1. The number of ether oxygens (including phenoxy) is 1. The lowest BCUT2D eigenvalue weighted by molar-refractivity contribution is -0.144. The summed E-state index contributed by atoms with van der Waals surface area (Å²) in [5, 5.41) is 11.8. The summed E-state index contributed by atoms with van der Waals surface area (Å²) >= 11 is 0. The van der Waals surface area contributed by atoms with Gasteiger partial charge in [0.2, 0.25) is 5.91 Å². The first-order valence-corrected chi connectivity index (χ1v) is 8.85. The first-order chi connectivity index (χ1) is 13.6. The highest BCUT2D eigenvalue weighted by Gasteiger charge is 2.25. The summed E-state index contributed by atoms with van der Waals surface area (Å²) in [6.07, 6.45) is -1.42. The molecule has 0 fully saturated rings. The Morgan fingerprint density at radius 3 is 2.34 bits per heavy atom. The average Bonchev–Trinajstić information content (AvgIpc) is 2.62. The van der Waals surface area contributed by atoms with E-state index in [0.717, 1.165) is 17.1 Å². The number of carbonyl (C=O) groups excluding carboxylic acids is 3. The van der Waals surface area contributed by atoms with Crippen molar-refractivity contribution in [1.82, 2.24) is 15.8 Å². The lowest BCUT2D eigenvalue weighted by Crippen LogP contribution is -2.55. The highest BCUT2D eigenvalue weighted by molar-refractivity contribution is 5.88. The Morgan fingerprint density at radius 2 is 1.83 bits per heavy atom. The molecule has 4 amide bonds. The summed E-state index contributed by atoms with van der Waals surface area (Å²) in [6, 6.07) is 3.85. The zero-order valence-electron chi connectivity index (χ0n) is 16.2. The second-order valence-electron chi connectivity index (χ2n) is 6.61. The maximum atomic E-state index is 12.9. The van der Waals surface area contributed by atoms with Gasteiger partial charge in [-0.05, 0) is 36.6 Å². The molecule has 0 heterocycles. The standard InChI is InChI=1S/C18H25FN4O6/c1-11(2)9-14(21-18(27)28)17(26)22-23(8-7-15(20)24)16(25)10-29-13-5-3-12(19)4-6-13/h3-6,11,14,21H,7-10H2,1-2H3,(H2,20,24)(H,22,26)(H,27,28). The number of rotatable bonds is 10. The molecule has 1 aromatic rings. The summed E-state index contributed by atoms with van der Waals surface area (Å²) in [4.78, 5) is 46.9. The highest BCUT2D eigenvalue weighted by Crippen LogP contribution is 2.11. The van der Waals surface area contributed by atoms with E-state index in [0.29, 0.717) is 0 Å². The number of hydrogen-bond acceptors (Lipinski definition) is 5. The zero-order valence-corrected chi connectivity index (χ0v) is 16.2. The highest BCUT2D eigenvalue weighted by atomic mass is 19.1. The van der Waals surface area contributed by atoms with E-state index in [1.165, 1.54) is 12.1 Å². The van der Waals surface area contributed by atoms with Gasteiger partial charge in [0.05, 0.1) is 6.54 Å². The van der Waals surface area contributed by atoms with Gasteiger partial charge < -0.3 is 20.9 Å². The largest absolute Gasteiger partial charge is 0.484 e. The minimum absolute atomic E-state index is 0.00539. The fourth-order valence-electron chi connectivity index (χ4n) is 2.28. The Hall–Kier alpha value is -3.37. The number of nitrogens with two attached hydrogens (primary N) is 1. The Labute approximate surface area is 167 Å². The summed E-state index contributed by atoms with van der Waals surface area (Å²) in [5.74, 6) is -2.41. The number of amides is 4. The smallest absolute Gasteiger partial charge is 0.405 e. The molecular weight excluding hydrogens is 387 g/mol. The number of benzene rings is 1. The first-order valence-electron chi connectivity index (χ1n) is 8.85. The summed E-state index contributed by atoms with van der Waals surface area (Å²) in [5.41, 5.74) is 7.40. The van der Waals surface area contributed by atoms with Crippen molar-refractivity contribution in [2.75, 3.05) is 13.2 Å². The molecule has 11 heteroatoms. The van der Waals surface area contributed by atoms with Crippen LogP contribution in [-0.4, -0.2) is 53.1 Å². The number of halogens is 1. The Morgan fingerprint density at radius 1 is 1.21 bits per heavy atom. The van der Waals surface area contributed by atoms with Crippen LogP contribution in [0, 0.1) is 11.7 Å². The molecular formula is C18H25FN4O6. The number of carbonyl (C=O) groups is 4. The topological polar surface area (TPSA) is 151 Å². The van der Waals surface area contributed by atoms with Gasteiger partial charge in [-0.25, -0.2) is 9.18 Å². The Kier molecular flexibility index (Phi) is 9.36. The molecule has 0 bridgehead atoms. The van der Waals surface area contributed by atoms with E-state index < -0.39 is 42.3 Å². The molecule has 160 valence electrons.